The van der Waals surface area contributed by atoms with Crippen molar-refractivity contribution >= 4 is 21.6 Å². The standard InChI is InChI=1S/C22H24FN5O4S/c1-15(2)21-17(14-25-28(21)20-5-3-4-8-24-20)22(29)26-16-6-7-18(23)19(13-16)33(30,31)27-9-11-32-12-10-27/h3-8,13-15H,9-12H2,1-2H3,(H,26,29). The molecule has 174 valence electrons. The van der Waals surface area contributed by atoms with Crippen molar-refractivity contribution in [1.82, 2.24) is 19.1 Å². The third-order valence-electron chi connectivity index (χ3n) is 5.24. The van der Waals surface area contributed by atoms with Crippen molar-refractivity contribution in [2.24, 2.45) is 0 Å². The molecule has 11 heteroatoms. The summed E-state index contributed by atoms with van der Waals surface area (Å²) >= 11 is 0. The van der Waals surface area contributed by atoms with Crippen LogP contribution in [0.2, 0.25) is 0 Å². The molecule has 1 aliphatic heterocycles. The lowest BCUT2D eigenvalue weighted by atomic mass is 10.1. The van der Waals surface area contributed by atoms with E-state index in [0.29, 0.717) is 17.1 Å². The van der Waals surface area contributed by atoms with Crippen LogP contribution < -0.4 is 5.32 Å². The third-order valence-corrected chi connectivity index (χ3v) is 7.15. The average molecular weight is 474 g/mol. The number of ether oxygens (including phenoxy) is 1. The average Bonchev–Trinajstić information content (AvgIpc) is 3.27. The van der Waals surface area contributed by atoms with Crippen LogP contribution in [0.1, 0.15) is 35.8 Å². The number of carbonyl (C=O) groups excluding carboxylic acids is 1. The van der Waals surface area contributed by atoms with Crippen molar-refractivity contribution in [2.75, 3.05) is 31.6 Å². The van der Waals surface area contributed by atoms with Crippen LogP contribution in [-0.2, 0) is 14.8 Å². The van der Waals surface area contributed by atoms with Gasteiger partial charge in [0.25, 0.3) is 5.91 Å². The predicted molar refractivity (Wildman–Crippen MR) is 119 cm³/mol. The van der Waals surface area contributed by atoms with Crippen molar-refractivity contribution < 1.29 is 22.3 Å². The van der Waals surface area contributed by atoms with E-state index in [9.17, 15) is 17.6 Å². The number of carbonyl (C=O) groups is 1. The van der Waals surface area contributed by atoms with E-state index < -0.39 is 26.6 Å². The molecule has 2 aromatic heterocycles. The highest BCUT2D eigenvalue weighted by Gasteiger charge is 2.30. The zero-order valence-electron chi connectivity index (χ0n) is 18.2. The monoisotopic (exact) mass is 473 g/mol. The molecule has 1 N–H and O–H groups in total. The molecular weight excluding hydrogens is 449 g/mol. The maximum atomic E-state index is 14.5. The highest BCUT2D eigenvalue weighted by Crippen LogP contribution is 2.26. The predicted octanol–water partition coefficient (Wildman–Crippen LogP) is 2.80. The van der Waals surface area contributed by atoms with Gasteiger partial charge in [-0.05, 0) is 36.2 Å². The molecule has 3 aromatic rings. The fraction of sp³-hybridized carbons (Fsp3) is 0.318. The SMILES string of the molecule is CC(C)c1c(C(=O)Nc2ccc(F)c(S(=O)(=O)N3CCOCC3)c2)cnn1-c1ccccn1. The smallest absolute Gasteiger partial charge is 0.259 e. The summed E-state index contributed by atoms with van der Waals surface area (Å²) < 4.78 is 48.3. The quantitative estimate of drug-likeness (QED) is 0.590. The van der Waals surface area contributed by atoms with Crippen molar-refractivity contribution in [2.45, 2.75) is 24.7 Å². The van der Waals surface area contributed by atoms with Crippen LogP contribution in [0.4, 0.5) is 10.1 Å². The molecule has 0 bridgehead atoms. The van der Waals surface area contributed by atoms with Gasteiger partial charge >= 0.3 is 0 Å². The summed E-state index contributed by atoms with van der Waals surface area (Å²) in [7, 11) is -4.07. The lowest BCUT2D eigenvalue weighted by molar-refractivity contribution is 0.0729. The number of nitrogens with zero attached hydrogens (tertiary/aromatic N) is 4. The maximum Gasteiger partial charge on any atom is 0.259 e. The Morgan fingerprint density at radius 2 is 1.94 bits per heavy atom. The fourth-order valence-corrected chi connectivity index (χ4v) is 5.15. The summed E-state index contributed by atoms with van der Waals surface area (Å²) in [5.41, 5.74) is 1.13. The van der Waals surface area contributed by atoms with E-state index in [0.717, 1.165) is 12.1 Å². The molecule has 1 saturated heterocycles. The molecule has 1 aliphatic rings. The lowest BCUT2D eigenvalue weighted by Gasteiger charge is -2.26. The minimum absolute atomic E-state index is 0.0549. The van der Waals surface area contributed by atoms with Crippen LogP contribution in [0.15, 0.2) is 53.7 Å². The maximum absolute atomic E-state index is 14.5. The van der Waals surface area contributed by atoms with Gasteiger partial charge in [0.15, 0.2) is 5.82 Å². The van der Waals surface area contributed by atoms with Gasteiger partial charge in [0.1, 0.15) is 10.7 Å². The summed E-state index contributed by atoms with van der Waals surface area (Å²) in [6.07, 6.45) is 3.07. The highest BCUT2D eigenvalue weighted by atomic mass is 32.2. The Balaban J connectivity index is 1.64. The van der Waals surface area contributed by atoms with Gasteiger partial charge in [-0.3, -0.25) is 4.79 Å². The molecule has 1 amide bonds. The summed E-state index contributed by atoms with van der Waals surface area (Å²) in [4.78, 5) is 16.9. The molecule has 9 nitrogen and oxygen atoms in total. The summed E-state index contributed by atoms with van der Waals surface area (Å²) in [5, 5.41) is 7.00. The van der Waals surface area contributed by atoms with E-state index in [-0.39, 0.29) is 37.9 Å². The van der Waals surface area contributed by atoms with Crippen molar-refractivity contribution in [3.8, 4) is 5.82 Å². The van der Waals surface area contributed by atoms with E-state index in [2.05, 4.69) is 15.4 Å². The van der Waals surface area contributed by atoms with Crippen LogP contribution in [0, 0.1) is 5.82 Å². The Bertz CT molecular complexity index is 1260. The van der Waals surface area contributed by atoms with Gasteiger partial charge < -0.3 is 10.1 Å². The number of sulfonamides is 1. The molecule has 1 aromatic carbocycles. The van der Waals surface area contributed by atoms with Gasteiger partial charge in [-0.25, -0.2) is 22.5 Å². The Hall–Kier alpha value is -3.15. The van der Waals surface area contributed by atoms with E-state index in [1.165, 1.54) is 16.6 Å². The van der Waals surface area contributed by atoms with Gasteiger partial charge in [0, 0.05) is 25.0 Å². The summed E-state index contributed by atoms with van der Waals surface area (Å²) in [6.45, 7) is 4.63. The lowest BCUT2D eigenvalue weighted by Crippen LogP contribution is -2.40. The van der Waals surface area contributed by atoms with Crippen LogP contribution in [-0.4, -0.2) is 59.7 Å². The number of anilines is 1. The topological polar surface area (TPSA) is 106 Å². The Kier molecular flexibility index (Phi) is 6.54. The van der Waals surface area contributed by atoms with E-state index in [1.54, 1.807) is 23.0 Å². The molecule has 33 heavy (non-hydrogen) atoms. The highest BCUT2D eigenvalue weighted by molar-refractivity contribution is 7.89. The van der Waals surface area contributed by atoms with Gasteiger partial charge in [-0.15, -0.1) is 0 Å². The molecule has 0 radical (unpaired) electrons. The molecule has 3 heterocycles. The number of morpholine rings is 1. The Labute approximate surface area is 191 Å². The Morgan fingerprint density at radius 1 is 1.18 bits per heavy atom. The fourth-order valence-electron chi connectivity index (χ4n) is 3.65. The van der Waals surface area contributed by atoms with Crippen LogP contribution in [0.25, 0.3) is 5.82 Å². The van der Waals surface area contributed by atoms with Gasteiger partial charge in [0.05, 0.1) is 30.7 Å². The first-order valence-corrected chi connectivity index (χ1v) is 11.9. The second-order valence-electron chi connectivity index (χ2n) is 7.81. The van der Waals surface area contributed by atoms with E-state index >= 15 is 0 Å². The number of hydrogen-bond acceptors (Lipinski definition) is 6. The van der Waals surface area contributed by atoms with Crippen LogP contribution in [0.5, 0.6) is 0 Å². The molecule has 0 spiro atoms. The number of halogens is 1. The zero-order valence-corrected chi connectivity index (χ0v) is 19.0. The minimum Gasteiger partial charge on any atom is -0.379 e. The molecule has 0 saturated carbocycles. The first-order valence-electron chi connectivity index (χ1n) is 10.5. The molecular formula is C22H24FN5O4S. The number of nitrogens with one attached hydrogen (secondary N) is 1. The number of benzene rings is 1. The molecule has 4 rings (SSSR count). The van der Waals surface area contributed by atoms with Gasteiger partial charge in [-0.1, -0.05) is 19.9 Å². The first kappa shape index (κ1) is 23.0. The molecule has 0 aliphatic carbocycles. The zero-order chi connectivity index (χ0) is 23.6. The number of aromatic nitrogens is 3. The van der Waals surface area contributed by atoms with Crippen molar-refractivity contribution in [3.05, 3.63) is 65.9 Å². The van der Waals surface area contributed by atoms with Gasteiger partial charge in [-0.2, -0.15) is 9.40 Å². The minimum atomic E-state index is -4.07. The second-order valence-corrected chi connectivity index (χ2v) is 9.72. The molecule has 0 unspecified atom stereocenters. The largest absolute Gasteiger partial charge is 0.379 e. The number of amides is 1. The third kappa shape index (κ3) is 4.65. The van der Waals surface area contributed by atoms with Crippen LogP contribution in [0.3, 0.4) is 0 Å². The number of hydrogen-bond donors (Lipinski definition) is 1. The second kappa shape index (κ2) is 9.38. The molecule has 1 fully saturated rings. The molecule has 0 atom stereocenters. The normalized spacial score (nSPS) is 15.0. The number of rotatable bonds is 6. The van der Waals surface area contributed by atoms with Crippen molar-refractivity contribution in [1.29, 1.82) is 0 Å². The van der Waals surface area contributed by atoms with Crippen molar-refractivity contribution in [3.63, 3.8) is 0 Å². The van der Waals surface area contributed by atoms with Crippen LogP contribution >= 0.6 is 0 Å². The van der Waals surface area contributed by atoms with Gasteiger partial charge in [0.2, 0.25) is 10.0 Å². The Morgan fingerprint density at radius 3 is 2.61 bits per heavy atom. The van der Waals surface area contributed by atoms with E-state index in [1.807, 2.05) is 19.9 Å². The number of pyridine rings is 1. The summed E-state index contributed by atoms with van der Waals surface area (Å²) in [5.74, 6) is -0.853. The first-order chi connectivity index (χ1) is 15.8. The van der Waals surface area contributed by atoms with E-state index in [4.69, 9.17) is 4.74 Å². The summed E-state index contributed by atoms with van der Waals surface area (Å²) in [6, 6.07) is 8.88.